The molecule has 0 rings (SSSR count). The van der Waals surface area contributed by atoms with E-state index in [4.69, 9.17) is 0 Å². The van der Waals surface area contributed by atoms with Gasteiger partial charge in [-0.1, -0.05) is 0 Å². The van der Waals surface area contributed by atoms with Crippen LogP contribution in [-0.2, 0) is 21.1 Å². The van der Waals surface area contributed by atoms with Crippen LogP contribution in [0.25, 0.3) is 0 Å². The standard InChI is InChI=1S/C3H5.C2H5.W/c1-3-2;1-2;/h1H2,2H3;1H2,2H3;/q2*-1;+2. The minimum Gasteiger partial charge on any atom is -0.507 e. The summed E-state index contributed by atoms with van der Waals surface area (Å²) in [5, 5.41) is 0. The molecule has 0 amide bonds. The van der Waals surface area contributed by atoms with Crippen LogP contribution < -0.4 is 0 Å². The van der Waals surface area contributed by atoms with E-state index >= 15 is 0 Å². The molecule has 1 heteroatoms. The molecule has 0 atom stereocenters. The Labute approximate surface area is 54.9 Å². The third kappa shape index (κ3) is 284. The van der Waals surface area contributed by atoms with Crippen molar-refractivity contribution in [1.82, 2.24) is 0 Å². The fourth-order valence-corrected chi connectivity index (χ4v) is 0. The van der Waals surface area contributed by atoms with Gasteiger partial charge in [0.1, 0.15) is 0 Å². The summed E-state index contributed by atoms with van der Waals surface area (Å²) >= 11 is 0. The molecule has 0 spiro atoms. The first-order chi connectivity index (χ1) is 2.41. The summed E-state index contributed by atoms with van der Waals surface area (Å²) in [6, 6.07) is 0. The maximum Gasteiger partial charge on any atom is 2.00 e. The Morgan fingerprint density at radius 2 is 1.50 bits per heavy atom. The summed E-state index contributed by atoms with van der Waals surface area (Å²) in [6.07, 6.45) is 2.50. The SMILES string of the molecule is C=[C-]C.[CH2-]C.[W+2]. The van der Waals surface area contributed by atoms with E-state index in [9.17, 15) is 0 Å². The summed E-state index contributed by atoms with van der Waals surface area (Å²) in [6.45, 7) is 10.0. The number of hydrogen-bond donors (Lipinski definition) is 0. The van der Waals surface area contributed by atoms with Gasteiger partial charge in [-0.15, -0.1) is 0 Å². The molecule has 36 valence electrons. The fraction of sp³-hybridized carbons (Fsp3) is 0.400. The zero-order chi connectivity index (χ0) is 4.71. The molecule has 0 aromatic heterocycles. The first-order valence-corrected chi connectivity index (χ1v) is 1.56. The second kappa shape index (κ2) is 52.2. The zero-order valence-corrected chi connectivity index (χ0v) is 7.26. The van der Waals surface area contributed by atoms with Gasteiger partial charge in [-0.2, -0.15) is 13.8 Å². The van der Waals surface area contributed by atoms with Crippen molar-refractivity contribution in [3.8, 4) is 0 Å². The molecule has 0 saturated heterocycles. The van der Waals surface area contributed by atoms with Crippen molar-refractivity contribution in [1.29, 1.82) is 0 Å². The van der Waals surface area contributed by atoms with Crippen molar-refractivity contribution in [3.05, 3.63) is 19.6 Å². The fourth-order valence-electron chi connectivity index (χ4n) is 0. The van der Waals surface area contributed by atoms with Crippen LogP contribution >= 0.6 is 0 Å². The summed E-state index contributed by atoms with van der Waals surface area (Å²) in [5.41, 5.74) is 0. The van der Waals surface area contributed by atoms with Gasteiger partial charge in [0.2, 0.25) is 0 Å². The zero-order valence-electron chi connectivity index (χ0n) is 4.32. The summed E-state index contributed by atoms with van der Waals surface area (Å²) in [7, 11) is 0. The molecule has 0 aliphatic heterocycles. The van der Waals surface area contributed by atoms with Gasteiger partial charge in [0.25, 0.3) is 0 Å². The van der Waals surface area contributed by atoms with Crippen molar-refractivity contribution in [2.45, 2.75) is 13.8 Å². The number of rotatable bonds is 0. The molecule has 0 radical (unpaired) electrons. The second-order valence-corrected chi connectivity index (χ2v) is 0.354. The van der Waals surface area contributed by atoms with Crippen LogP contribution in [0.5, 0.6) is 0 Å². The topological polar surface area (TPSA) is 0 Å². The third-order valence-corrected chi connectivity index (χ3v) is 0. The van der Waals surface area contributed by atoms with Crippen LogP contribution in [-0.4, -0.2) is 0 Å². The molecular formula is C5H10W. The first kappa shape index (κ1) is 16.1. The molecular weight excluding hydrogens is 244 g/mol. The molecule has 6 heavy (non-hydrogen) atoms. The Morgan fingerprint density at radius 1 is 1.50 bits per heavy atom. The molecule has 0 bridgehead atoms. The molecule has 0 aromatic carbocycles. The Kier molecular flexibility index (Phi) is 140. The maximum atomic E-state index is 3.25. The molecule has 0 aliphatic carbocycles. The predicted octanol–water partition coefficient (Wildman–Crippen LogP) is 1.83. The van der Waals surface area contributed by atoms with Crippen molar-refractivity contribution in [2.75, 3.05) is 0 Å². The quantitative estimate of drug-likeness (QED) is 0.578. The predicted molar refractivity (Wildman–Crippen MR) is 25.6 cm³/mol. The van der Waals surface area contributed by atoms with Gasteiger partial charge in [0.05, 0.1) is 0 Å². The van der Waals surface area contributed by atoms with Gasteiger partial charge in [-0.3, -0.25) is 6.58 Å². The van der Waals surface area contributed by atoms with Gasteiger partial charge >= 0.3 is 21.1 Å². The Balaban J connectivity index is -0.0000000275. The number of hydrogen-bond acceptors (Lipinski definition) is 0. The van der Waals surface area contributed by atoms with E-state index in [1.807, 2.05) is 0 Å². The minimum atomic E-state index is 0. The Hall–Kier alpha value is 0.428. The van der Waals surface area contributed by atoms with Gasteiger partial charge < -0.3 is 13.0 Å². The monoisotopic (exact) mass is 254 g/mol. The van der Waals surface area contributed by atoms with Gasteiger partial charge in [0, 0.05) is 0 Å². The normalized spacial score (nSPS) is 3.17. The van der Waals surface area contributed by atoms with E-state index in [0.29, 0.717) is 0 Å². The molecule has 0 N–H and O–H groups in total. The van der Waals surface area contributed by atoms with Gasteiger partial charge in [0.15, 0.2) is 0 Å². The van der Waals surface area contributed by atoms with E-state index < -0.39 is 0 Å². The maximum absolute atomic E-state index is 3.25. The van der Waals surface area contributed by atoms with Gasteiger partial charge in [-0.25, -0.2) is 0 Å². The molecule has 0 aliphatic rings. The minimum absolute atomic E-state index is 0. The third-order valence-electron chi connectivity index (χ3n) is 0. The summed E-state index contributed by atoms with van der Waals surface area (Å²) in [4.78, 5) is 0. The average Bonchev–Trinajstić information content (AvgIpc) is 1.46. The van der Waals surface area contributed by atoms with E-state index in [2.05, 4.69) is 19.6 Å². The van der Waals surface area contributed by atoms with Crippen LogP contribution in [0.3, 0.4) is 0 Å². The first-order valence-electron chi connectivity index (χ1n) is 1.56. The second-order valence-electron chi connectivity index (χ2n) is 0.354. The molecule has 0 heterocycles. The van der Waals surface area contributed by atoms with Crippen LogP contribution in [0, 0.1) is 13.0 Å². The van der Waals surface area contributed by atoms with Crippen LogP contribution in [0.4, 0.5) is 0 Å². The van der Waals surface area contributed by atoms with Crippen LogP contribution in [0.2, 0.25) is 0 Å². The molecule has 0 fully saturated rings. The van der Waals surface area contributed by atoms with Crippen molar-refractivity contribution in [2.24, 2.45) is 0 Å². The van der Waals surface area contributed by atoms with E-state index in [0.717, 1.165) is 0 Å². The van der Waals surface area contributed by atoms with E-state index in [1.54, 1.807) is 13.8 Å². The Morgan fingerprint density at radius 3 is 1.50 bits per heavy atom. The summed E-state index contributed by atoms with van der Waals surface area (Å²) < 4.78 is 0. The largest absolute Gasteiger partial charge is 2.00 e. The number of allylic oxidation sites excluding steroid dienone is 1. The Bertz CT molecular complexity index is 11.4. The average molecular weight is 254 g/mol. The molecule has 0 nitrogen and oxygen atoms in total. The van der Waals surface area contributed by atoms with Crippen LogP contribution in [0.1, 0.15) is 13.8 Å². The smallest absolute Gasteiger partial charge is 0.507 e. The molecule has 0 unspecified atom stereocenters. The summed E-state index contributed by atoms with van der Waals surface area (Å²) in [5.74, 6) is 0. The van der Waals surface area contributed by atoms with E-state index in [-0.39, 0.29) is 21.1 Å². The van der Waals surface area contributed by atoms with Crippen molar-refractivity contribution < 1.29 is 21.1 Å². The van der Waals surface area contributed by atoms with Crippen molar-refractivity contribution >= 4 is 0 Å². The molecule has 0 aromatic rings. The van der Waals surface area contributed by atoms with E-state index in [1.165, 1.54) is 0 Å². The molecule has 0 saturated carbocycles. The van der Waals surface area contributed by atoms with Gasteiger partial charge in [-0.05, 0) is 0 Å². The van der Waals surface area contributed by atoms with Crippen molar-refractivity contribution in [3.63, 3.8) is 0 Å². The van der Waals surface area contributed by atoms with Crippen LogP contribution in [0.15, 0.2) is 6.58 Å².